The lowest BCUT2D eigenvalue weighted by Crippen LogP contribution is -2.51. The number of hydrogen-bond acceptors (Lipinski definition) is 2. The fraction of sp³-hybridized carbons (Fsp3) is 1.00. The first kappa shape index (κ1) is 20.5. The SMILES string of the molecule is CCCNC(CCC(C)(C)OC)C(C(F)(F)F)C(F)(F)F. The Balaban J connectivity index is 5.16. The molecule has 0 aliphatic rings. The van der Waals surface area contributed by atoms with Crippen molar-refractivity contribution >= 4 is 0 Å². The van der Waals surface area contributed by atoms with Crippen molar-refractivity contribution in [2.45, 2.75) is 64.0 Å². The average Bonchev–Trinajstić information content (AvgIpc) is 2.29. The Labute approximate surface area is 121 Å². The Kier molecular flexibility index (Phi) is 7.49. The molecular weight excluding hydrogens is 300 g/mol. The summed E-state index contributed by atoms with van der Waals surface area (Å²) in [7, 11) is 1.37. The minimum Gasteiger partial charge on any atom is -0.379 e. The van der Waals surface area contributed by atoms with Crippen LogP contribution in [0.15, 0.2) is 0 Å². The van der Waals surface area contributed by atoms with Crippen LogP contribution in [0, 0.1) is 5.92 Å². The maximum absolute atomic E-state index is 12.8. The molecule has 2 nitrogen and oxygen atoms in total. The van der Waals surface area contributed by atoms with E-state index in [1.54, 1.807) is 20.8 Å². The summed E-state index contributed by atoms with van der Waals surface area (Å²) in [6.45, 7) is 5.03. The van der Waals surface area contributed by atoms with E-state index >= 15 is 0 Å². The number of hydrogen-bond donors (Lipinski definition) is 1. The summed E-state index contributed by atoms with van der Waals surface area (Å²) in [5.74, 6) is -3.37. The topological polar surface area (TPSA) is 21.3 Å². The molecule has 0 aromatic heterocycles. The zero-order chi connectivity index (χ0) is 16.9. The van der Waals surface area contributed by atoms with E-state index in [1.165, 1.54) is 7.11 Å². The van der Waals surface area contributed by atoms with Crippen LogP contribution >= 0.6 is 0 Å². The van der Waals surface area contributed by atoms with Crippen molar-refractivity contribution in [3.63, 3.8) is 0 Å². The molecule has 1 unspecified atom stereocenters. The second-order valence-electron chi connectivity index (χ2n) is 5.62. The molecule has 0 aromatic carbocycles. The average molecular weight is 323 g/mol. The van der Waals surface area contributed by atoms with Crippen molar-refractivity contribution in [1.82, 2.24) is 5.32 Å². The summed E-state index contributed by atoms with van der Waals surface area (Å²) in [6.07, 6.45) is -10.4. The van der Waals surface area contributed by atoms with Crippen LogP contribution in [0.25, 0.3) is 0 Å². The highest BCUT2D eigenvalue weighted by Crippen LogP contribution is 2.42. The van der Waals surface area contributed by atoms with Crippen molar-refractivity contribution in [2.75, 3.05) is 13.7 Å². The quantitative estimate of drug-likeness (QED) is 0.673. The molecule has 0 aromatic rings. The lowest BCUT2D eigenvalue weighted by Gasteiger charge is -2.33. The predicted octanol–water partition coefficient (Wildman–Crippen LogP) is 4.30. The van der Waals surface area contributed by atoms with Gasteiger partial charge in [-0.15, -0.1) is 0 Å². The lowest BCUT2D eigenvalue weighted by molar-refractivity contribution is -0.292. The van der Waals surface area contributed by atoms with Crippen LogP contribution < -0.4 is 5.32 Å². The highest BCUT2D eigenvalue weighted by Gasteiger charge is 2.59. The number of rotatable bonds is 8. The van der Waals surface area contributed by atoms with Gasteiger partial charge in [-0.1, -0.05) is 6.92 Å². The van der Waals surface area contributed by atoms with Gasteiger partial charge in [0.05, 0.1) is 5.60 Å². The van der Waals surface area contributed by atoms with E-state index in [1.807, 2.05) is 0 Å². The molecule has 1 atom stereocenters. The number of ether oxygens (including phenoxy) is 1. The number of nitrogens with one attached hydrogen (secondary N) is 1. The first-order valence-electron chi connectivity index (χ1n) is 6.77. The molecule has 128 valence electrons. The summed E-state index contributed by atoms with van der Waals surface area (Å²) in [5, 5.41) is 2.38. The van der Waals surface area contributed by atoms with E-state index in [-0.39, 0.29) is 19.4 Å². The molecule has 0 rings (SSSR count). The third-order valence-electron chi connectivity index (χ3n) is 3.37. The van der Waals surface area contributed by atoms with Gasteiger partial charge in [-0.2, -0.15) is 26.3 Å². The fourth-order valence-corrected chi connectivity index (χ4v) is 1.96. The minimum atomic E-state index is -5.33. The zero-order valence-electron chi connectivity index (χ0n) is 12.7. The summed E-state index contributed by atoms with van der Waals surface area (Å²) in [5.41, 5.74) is -0.770. The van der Waals surface area contributed by atoms with Crippen LogP contribution in [0.2, 0.25) is 0 Å². The Hall–Kier alpha value is -0.500. The monoisotopic (exact) mass is 323 g/mol. The van der Waals surface area contributed by atoms with Gasteiger partial charge in [-0.25, -0.2) is 0 Å². The molecule has 21 heavy (non-hydrogen) atoms. The third-order valence-corrected chi connectivity index (χ3v) is 3.37. The van der Waals surface area contributed by atoms with Crippen molar-refractivity contribution in [3.8, 4) is 0 Å². The van der Waals surface area contributed by atoms with Gasteiger partial charge in [-0.3, -0.25) is 0 Å². The second-order valence-corrected chi connectivity index (χ2v) is 5.62. The Bertz CT molecular complexity index is 286. The number of methoxy groups -OCH3 is 1. The Morgan fingerprint density at radius 1 is 1.00 bits per heavy atom. The largest absolute Gasteiger partial charge is 0.401 e. The Morgan fingerprint density at radius 2 is 1.48 bits per heavy atom. The number of alkyl halides is 6. The van der Waals surface area contributed by atoms with E-state index in [2.05, 4.69) is 5.32 Å². The van der Waals surface area contributed by atoms with E-state index in [0.717, 1.165) is 0 Å². The van der Waals surface area contributed by atoms with Crippen LogP contribution in [0.1, 0.15) is 40.0 Å². The van der Waals surface area contributed by atoms with Gasteiger partial charge in [0.15, 0.2) is 5.92 Å². The van der Waals surface area contributed by atoms with Gasteiger partial charge in [0, 0.05) is 13.2 Å². The van der Waals surface area contributed by atoms with E-state index in [4.69, 9.17) is 4.74 Å². The maximum atomic E-state index is 12.8. The van der Waals surface area contributed by atoms with Gasteiger partial charge in [-0.05, 0) is 39.7 Å². The molecule has 0 bridgehead atoms. The highest BCUT2D eigenvalue weighted by molar-refractivity contribution is 4.88. The van der Waals surface area contributed by atoms with Gasteiger partial charge >= 0.3 is 12.4 Å². The second kappa shape index (κ2) is 7.67. The maximum Gasteiger partial charge on any atom is 0.401 e. The van der Waals surface area contributed by atoms with Crippen LogP contribution in [0.5, 0.6) is 0 Å². The molecule has 0 heterocycles. The summed E-state index contributed by atoms with van der Waals surface area (Å²) < 4.78 is 81.9. The molecule has 0 spiro atoms. The van der Waals surface area contributed by atoms with Crippen molar-refractivity contribution in [2.24, 2.45) is 5.92 Å². The van der Waals surface area contributed by atoms with Crippen LogP contribution in [0.4, 0.5) is 26.3 Å². The van der Waals surface area contributed by atoms with Gasteiger partial charge in [0.25, 0.3) is 0 Å². The molecule has 0 amide bonds. The molecular formula is C13H23F6NO. The zero-order valence-corrected chi connectivity index (χ0v) is 12.7. The van der Waals surface area contributed by atoms with E-state index in [0.29, 0.717) is 6.42 Å². The molecule has 0 fully saturated rings. The van der Waals surface area contributed by atoms with Gasteiger partial charge in [0.2, 0.25) is 0 Å². The molecule has 0 radical (unpaired) electrons. The first-order valence-corrected chi connectivity index (χ1v) is 6.77. The normalized spacial score (nSPS) is 15.6. The van der Waals surface area contributed by atoms with E-state index < -0.39 is 29.9 Å². The van der Waals surface area contributed by atoms with Crippen molar-refractivity contribution in [1.29, 1.82) is 0 Å². The summed E-state index contributed by atoms with van der Waals surface area (Å²) in [6, 6.07) is -1.71. The molecule has 8 heteroatoms. The van der Waals surface area contributed by atoms with Crippen LogP contribution in [-0.2, 0) is 4.74 Å². The van der Waals surface area contributed by atoms with E-state index in [9.17, 15) is 26.3 Å². The first-order chi connectivity index (χ1) is 9.35. The minimum absolute atomic E-state index is 0.0908. The highest BCUT2D eigenvalue weighted by atomic mass is 19.4. The molecule has 1 N–H and O–H groups in total. The molecule has 0 saturated heterocycles. The number of halogens is 6. The summed E-state index contributed by atoms with van der Waals surface area (Å²) >= 11 is 0. The third kappa shape index (κ3) is 7.35. The van der Waals surface area contributed by atoms with Crippen molar-refractivity contribution in [3.05, 3.63) is 0 Å². The van der Waals surface area contributed by atoms with Crippen LogP contribution in [0.3, 0.4) is 0 Å². The Morgan fingerprint density at radius 3 is 1.81 bits per heavy atom. The van der Waals surface area contributed by atoms with Crippen LogP contribution in [-0.4, -0.2) is 37.7 Å². The smallest absolute Gasteiger partial charge is 0.379 e. The molecule has 0 aliphatic heterocycles. The molecule has 0 aliphatic carbocycles. The van der Waals surface area contributed by atoms with Gasteiger partial charge in [0.1, 0.15) is 0 Å². The molecule has 0 saturated carbocycles. The fourth-order valence-electron chi connectivity index (χ4n) is 1.96. The predicted molar refractivity (Wildman–Crippen MR) is 68.0 cm³/mol. The lowest BCUT2D eigenvalue weighted by atomic mass is 9.90. The van der Waals surface area contributed by atoms with Gasteiger partial charge < -0.3 is 10.1 Å². The standard InChI is InChI=1S/C13H23F6NO/c1-5-8-20-9(6-7-11(2,3)21-4)10(12(14,15)16)13(17,18)19/h9-10,20H,5-8H2,1-4H3. The van der Waals surface area contributed by atoms with Crippen molar-refractivity contribution < 1.29 is 31.1 Å². The summed E-state index contributed by atoms with van der Waals surface area (Å²) in [4.78, 5) is 0.